The van der Waals surface area contributed by atoms with Crippen LogP contribution in [0.3, 0.4) is 0 Å². The van der Waals surface area contributed by atoms with E-state index in [4.69, 9.17) is 0 Å². The number of nitrogens with one attached hydrogen (secondary N) is 1. The van der Waals surface area contributed by atoms with Gasteiger partial charge in [0.1, 0.15) is 0 Å². The predicted molar refractivity (Wildman–Crippen MR) is 107 cm³/mol. The molecular weight excluding hydrogens is 360 g/mol. The number of pyridine rings is 1. The first-order valence-electron chi connectivity index (χ1n) is 8.81. The fourth-order valence-corrected chi connectivity index (χ4v) is 3.90. The highest BCUT2D eigenvalue weighted by Crippen LogP contribution is 2.26. The zero-order valence-electron chi connectivity index (χ0n) is 15.1. The Balaban J connectivity index is 1.58. The lowest BCUT2D eigenvalue weighted by atomic mass is 9.98. The van der Waals surface area contributed by atoms with Crippen molar-refractivity contribution in [2.75, 3.05) is 0 Å². The van der Waals surface area contributed by atoms with Crippen molar-refractivity contribution in [1.29, 1.82) is 0 Å². The second-order valence-corrected chi connectivity index (χ2v) is 7.77. The zero-order valence-corrected chi connectivity index (χ0v) is 15.9. The molecule has 2 atom stereocenters. The maximum atomic E-state index is 11.5. The minimum atomic E-state index is -0.384. The first-order chi connectivity index (χ1) is 13.0. The highest BCUT2D eigenvalue weighted by atomic mass is 32.1. The molecule has 0 aliphatic carbocycles. The summed E-state index contributed by atoms with van der Waals surface area (Å²) < 4.78 is 2.71. The van der Waals surface area contributed by atoms with Crippen molar-refractivity contribution in [2.45, 2.75) is 32.3 Å². The van der Waals surface area contributed by atoms with E-state index >= 15 is 0 Å². The number of benzene rings is 1. The first kappa shape index (κ1) is 17.6. The lowest BCUT2D eigenvalue weighted by Gasteiger charge is -2.09. The lowest BCUT2D eigenvalue weighted by molar-refractivity contribution is 0.195. The fourth-order valence-electron chi connectivity index (χ4n) is 3.11. The summed E-state index contributed by atoms with van der Waals surface area (Å²) in [5.41, 5.74) is 3.91. The van der Waals surface area contributed by atoms with E-state index in [1.165, 1.54) is 11.3 Å². The summed E-state index contributed by atoms with van der Waals surface area (Å²) in [6.45, 7) is 3.86. The largest absolute Gasteiger partial charge is 0.393 e. The van der Waals surface area contributed by atoms with Crippen molar-refractivity contribution in [1.82, 2.24) is 19.7 Å². The second kappa shape index (κ2) is 7.09. The van der Waals surface area contributed by atoms with Gasteiger partial charge >= 0.3 is 4.87 Å². The van der Waals surface area contributed by atoms with Crippen LogP contribution in [-0.4, -0.2) is 31.0 Å². The number of thiazole rings is 1. The summed E-state index contributed by atoms with van der Waals surface area (Å²) in [5, 5.41) is 14.1. The molecule has 4 rings (SSSR count). The van der Waals surface area contributed by atoms with E-state index in [-0.39, 0.29) is 16.9 Å². The number of nitrogens with zero attached hydrogens (tertiary/aromatic N) is 3. The van der Waals surface area contributed by atoms with E-state index in [0.717, 1.165) is 32.9 Å². The molecule has 27 heavy (non-hydrogen) atoms. The van der Waals surface area contributed by atoms with Crippen LogP contribution in [0.5, 0.6) is 0 Å². The highest BCUT2D eigenvalue weighted by Gasteiger charge is 2.14. The van der Waals surface area contributed by atoms with Crippen molar-refractivity contribution in [2.24, 2.45) is 0 Å². The Labute approximate surface area is 160 Å². The van der Waals surface area contributed by atoms with E-state index in [1.807, 2.05) is 42.6 Å². The molecule has 3 heterocycles. The predicted octanol–water partition coefficient (Wildman–Crippen LogP) is 3.25. The monoisotopic (exact) mass is 380 g/mol. The number of aromatic amines is 1. The van der Waals surface area contributed by atoms with Gasteiger partial charge in [-0.25, -0.2) is 9.67 Å². The van der Waals surface area contributed by atoms with E-state index in [0.29, 0.717) is 6.42 Å². The number of rotatable bonds is 5. The van der Waals surface area contributed by atoms with Gasteiger partial charge in [-0.3, -0.25) is 4.79 Å². The van der Waals surface area contributed by atoms with Crippen LogP contribution in [0.4, 0.5) is 0 Å². The van der Waals surface area contributed by atoms with Gasteiger partial charge in [-0.2, -0.15) is 5.10 Å². The van der Waals surface area contributed by atoms with Crippen molar-refractivity contribution < 1.29 is 5.11 Å². The van der Waals surface area contributed by atoms with Crippen LogP contribution in [0.2, 0.25) is 0 Å². The van der Waals surface area contributed by atoms with Gasteiger partial charge in [0, 0.05) is 18.3 Å². The normalized spacial score (nSPS) is 13.7. The Kier molecular flexibility index (Phi) is 4.63. The molecule has 0 saturated heterocycles. The van der Waals surface area contributed by atoms with E-state index in [2.05, 4.69) is 22.0 Å². The quantitative estimate of drug-likeness (QED) is 0.557. The second-order valence-electron chi connectivity index (χ2n) is 6.75. The number of aromatic nitrogens is 4. The molecule has 1 aromatic carbocycles. The Hall–Kier alpha value is -2.77. The maximum absolute atomic E-state index is 11.5. The van der Waals surface area contributed by atoms with Crippen molar-refractivity contribution >= 4 is 21.6 Å². The minimum Gasteiger partial charge on any atom is -0.393 e. The van der Waals surface area contributed by atoms with Gasteiger partial charge < -0.3 is 10.1 Å². The van der Waals surface area contributed by atoms with Crippen molar-refractivity contribution in [3.05, 3.63) is 75.3 Å². The van der Waals surface area contributed by atoms with Gasteiger partial charge in [-0.15, -0.1) is 0 Å². The molecule has 0 spiro atoms. The molecular formula is C20H20N4O2S. The third kappa shape index (κ3) is 3.70. The lowest BCUT2D eigenvalue weighted by Crippen LogP contribution is -2.06. The minimum absolute atomic E-state index is 0.0378. The summed E-state index contributed by atoms with van der Waals surface area (Å²) in [7, 11) is 0. The Morgan fingerprint density at radius 3 is 2.81 bits per heavy atom. The van der Waals surface area contributed by atoms with Gasteiger partial charge in [0.05, 0.1) is 22.0 Å². The van der Waals surface area contributed by atoms with Gasteiger partial charge in [0.2, 0.25) is 0 Å². The Bertz CT molecular complexity index is 1120. The summed E-state index contributed by atoms with van der Waals surface area (Å²) in [4.78, 5) is 18.7. The summed E-state index contributed by atoms with van der Waals surface area (Å²) in [5.74, 6) is 0.837. The molecule has 0 bridgehead atoms. The molecule has 1 unspecified atom stereocenters. The summed E-state index contributed by atoms with van der Waals surface area (Å²) >= 11 is 1.22. The molecule has 0 saturated carbocycles. The van der Waals surface area contributed by atoms with Gasteiger partial charge in [-0.05, 0) is 48.7 Å². The maximum Gasteiger partial charge on any atom is 0.305 e. The van der Waals surface area contributed by atoms with Crippen LogP contribution in [-0.2, 0) is 6.42 Å². The number of H-pyrrole nitrogens is 1. The molecule has 4 aromatic rings. The summed E-state index contributed by atoms with van der Waals surface area (Å²) in [6.07, 6.45) is 3.87. The molecule has 0 aliphatic rings. The Morgan fingerprint density at radius 1 is 1.22 bits per heavy atom. The number of hydrogen-bond acceptors (Lipinski definition) is 5. The van der Waals surface area contributed by atoms with Crippen LogP contribution in [0, 0.1) is 0 Å². The topological polar surface area (TPSA) is 83.8 Å². The standard InChI is InChI=1S/C20H20N4O2S/c1-12(25)9-14-3-6-19(21-11-14)24-8-7-16(23-24)13(2)15-4-5-17-18(10-15)27-20(26)22-17/h3-8,10-13,25H,9H2,1-2H3,(H,22,26)/t12-,13?/m0/s1. The van der Waals surface area contributed by atoms with Gasteiger partial charge in [-0.1, -0.05) is 30.4 Å². The van der Waals surface area contributed by atoms with Crippen LogP contribution in [0.25, 0.3) is 16.0 Å². The van der Waals surface area contributed by atoms with Crippen LogP contribution in [0.1, 0.15) is 36.6 Å². The molecule has 0 amide bonds. The third-order valence-corrected chi connectivity index (χ3v) is 5.42. The van der Waals surface area contributed by atoms with Gasteiger partial charge in [0.25, 0.3) is 0 Å². The molecule has 6 nitrogen and oxygen atoms in total. The van der Waals surface area contributed by atoms with E-state index in [1.54, 1.807) is 17.8 Å². The molecule has 3 aromatic heterocycles. The van der Waals surface area contributed by atoms with E-state index in [9.17, 15) is 9.90 Å². The molecule has 2 N–H and O–H groups in total. The molecule has 0 fully saturated rings. The zero-order chi connectivity index (χ0) is 19.0. The van der Waals surface area contributed by atoms with Crippen molar-refractivity contribution in [3.63, 3.8) is 0 Å². The average molecular weight is 380 g/mol. The highest BCUT2D eigenvalue weighted by molar-refractivity contribution is 7.16. The number of aliphatic hydroxyl groups is 1. The third-order valence-electron chi connectivity index (χ3n) is 4.57. The van der Waals surface area contributed by atoms with Crippen LogP contribution < -0.4 is 4.87 Å². The smallest absolute Gasteiger partial charge is 0.305 e. The van der Waals surface area contributed by atoms with Gasteiger partial charge in [0.15, 0.2) is 5.82 Å². The number of hydrogen-bond donors (Lipinski definition) is 2. The summed E-state index contributed by atoms with van der Waals surface area (Å²) in [6, 6.07) is 11.9. The SMILES string of the molecule is CC(c1ccc2[nH]c(=O)sc2c1)c1ccn(-c2ccc(C[C@H](C)O)cn2)n1. The molecule has 7 heteroatoms. The molecule has 0 aliphatic heterocycles. The molecule has 138 valence electrons. The molecule has 0 radical (unpaired) electrons. The first-order valence-corrected chi connectivity index (χ1v) is 9.63. The van der Waals surface area contributed by atoms with Crippen molar-refractivity contribution in [3.8, 4) is 5.82 Å². The average Bonchev–Trinajstić information content (AvgIpc) is 3.26. The van der Waals surface area contributed by atoms with E-state index < -0.39 is 0 Å². The number of fused-ring (bicyclic) bond motifs is 1. The fraction of sp³-hybridized carbons (Fsp3) is 0.250. The Morgan fingerprint density at radius 2 is 2.07 bits per heavy atom. The number of aliphatic hydroxyl groups excluding tert-OH is 1. The van der Waals surface area contributed by atoms with Crippen LogP contribution >= 0.6 is 11.3 Å². The van der Waals surface area contributed by atoms with Crippen LogP contribution in [0.15, 0.2) is 53.6 Å².